The molecule has 1 aliphatic rings. The number of nitrogens with one attached hydrogen (secondary N) is 1. The van der Waals surface area contributed by atoms with Gasteiger partial charge in [0.05, 0.1) is 12.7 Å². The van der Waals surface area contributed by atoms with Crippen LogP contribution in [-0.4, -0.2) is 25.9 Å². The van der Waals surface area contributed by atoms with Gasteiger partial charge in [-0.25, -0.2) is 4.39 Å². The lowest BCUT2D eigenvalue weighted by Gasteiger charge is -2.39. The minimum atomic E-state index is -0.174. The number of hydrogen-bond acceptors (Lipinski definition) is 3. The summed E-state index contributed by atoms with van der Waals surface area (Å²) in [6.07, 6.45) is 3.13. The molecule has 1 heterocycles. The summed E-state index contributed by atoms with van der Waals surface area (Å²) < 4.78 is 24.5. The van der Waals surface area contributed by atoms with Crippen molar-refractivity contribution in [3.8, 4) is 5.75 Å². The first kappa shape index (κ1) is 20.8. The van der Waals surface area contributed by atoms with Gasteiger partial charge in [-0.3, -0.25) is 0 Å². The van der Waals surface area contributed by atoms with Crippen LogP contribution < -0.4 is 10.1 Å². The SMILES string of the molecule is COc1ccc(CNCC[C@H](c2ccc(F)cc2)[C@H]2CCOC(C)(C)C2)cc1. The summed E-state index contributed by atoms with van der Waals surface area (Å²) in [5.41, 5.74) is 2.39. The summed E-state index contributed by atoms with van der Waals surface area (Å²) in [6, 6.07) is 15.2. The molecule has 0 amide bonds. The normalized spacial score (nSPS) is 19.9. The number of hydrogen-bond donors (Lipinski definition) is 1. The molecule has 3 rings (SSSR count). The van der Waals surface area contributed by atoms with Gasteiger partial charge in [-0.05, 0) is 86.9 Å². The van der Waals surface area contributed by atoms with Gasteiger partial charge in [0.25, 0.3) is 0 Å². The van der Waals surface area contributed by atoms with E-state index in [-0.39, 0.29) is 11.4 Å². The number of halogens is 1. The van der Waals surface area contributed by atoms with Gasteiger partial charge in [-0.2, -0.15) is 0 Å². The molecule has 1 N–H and O–H groups in total. The fourth-order valence-electron chi connectivity index (χ4n) is 4.24. The van der Waals surface area contributed by atoms with Crippen LogP contribution in [-0.2, 0) is 11.3 Å². The molecular weight excluding hydrogens is 353 g/mol. The Morgan fingerprint density at radius 1 is 1.14 bits per heavy atom. The van der Waals surface area contributed by atoms with Crippen LogP contribution in [0.15, 0.2) is 48.5 Å². The molecule has 0 spiro atoms. The lowest BCUT2D eigenvalue weighted by Crippen LogP contribution is -2.36. The van der Waals surface area contributed by atoms with Crippen LogP contribution in [0.2, 0.25) is 0 Å². The van der Waals surface area contributed by atoms with Crippen molar-refractivity contribution in [1.29, 1.82) is 0 Å². The van der Waals surface area contributed by atoms with Crippen molar-refractivity contribution in [3.05, 3.63) is 65.5 Å². The summed E-state index contributed by atoms with van der Waals surface area (Å²) in [6.45, 7) is 6.89. The highest BCUT2D eigenvalue weighted by molar-refractivity contribution is 5.27. The Bertz CT molecular complexity index is 727. The quantitative estimate of drug-likeness (QED) is 0.625. The minimum Gasteiger partial charge on any atom is -0.497 e. The van der Waals surface area contributed by atoms with Crippen molar-refractivity contribution < 1.29 is 13.9 Å². The van der Waals surface area contributed by atoms with Gasteiger partial charge in [0, 0.05) is 13.2 Å². The zero-order valence-electron chi connectivity index (χ0n) is 17.2. The second-order valence-electron chi connectivity index (χ2n) is 8.33. The first-order valence-electron chi connectivity index (χ1n) is 10.2. The zero-order valence-corrected chi connectivity index (χ0v) is 17.2. The lowest BCUT2D eigenvalue weighted by molar-refractivity contribution is -0.0771. The molecule has 0 unspecified atom stereocenters. The minimum absolute atomic E-state index is 0.0856. The van der Waals surface area contributed by atoms with Crippen LogP contribution in [0.5, 0.6) is 5.75 Å². The molecule has 0 saturated carbocycles. The van der Waals surface area contributed by atoms with Crippen LogP contribution in [0.1, 0.15) is 50.2 Å². The maximum absolute atomic E-state index is 13.4. The molecule has 4 heteroatoms. The Hall–Kier alpha value is -1.91. The molecule has 0 radical (unpaired) electrons. The number of benzene rings is 2. The molecule has 1 fully saturated rings. The molecule has 28 heavy (non-hydrogen) atoms. The van der Waals surface area contributed by atoms with Crippen LogP contribution in [0.25, 0.3) is 0 Å². The van der Waals surface area contributed by atoms with Gasteiger partial charge < -0.3 is 14.8 Å². The van der Waals surface area contributed by atoms with Crippen molar-refractivity contribution in [3.63, 3.8) is 0 Å². The molecule has 2 atom stereocenters. The van der Waals surface area contributed by atoms with E-state index in [9.17, 15) is 4.39 Å². The number of rotatable bonds is 8. The Morgan fingerprint density at radius 2 is 1.86 bits per heavy atom. The highest BCUT2D eigenvalue weighted by Gasteiger charge is 2.33. The van der Waals surface area contributed by atoms with Gasteiger partial charge in [0.2, 0.25) is 0 Å². The van der Waals surface area contributed by atoms with Crippen molar-refractivity contribution in [2.75, 3.05) is 20.3 Å². The van der Waals surface area contributed by atoms with E-state index in [2.05, 4.69) is 31.3 Å². The maximum Gasteiger partial charge on any atom is 0.123 e. The second kappa shape index (κ2) is 9.53. The van der Waals surface area contributed by atoms with Crippen LogP contribution >= 0.6 is 0 Å². The number of ether oxygens (including phenoxy) is 2. The summed E-state index contributed by atoms with van der Waals surface area (Å²) >= 11 is 0. The third-order valence-corrected chi connectivity index (χ3v) is 5.72. The molecule has 0 aromatic heterocycles. The van der Waals surface area contributed by atoms with Gasteiger partial charge in [-0.15, -0.1) is 0 Å². The smallest absolute Gasteiger partial charge is 0.123 e. The average Bonchev–Trinajstić information content (AvgIpc) is 2.69. The number of methoxy groups -OCH3 is 1. The largest absolute Gasteiger partial charge is 0.497 e. The molecule has 0 aliphatic carbocycles. The first-order chi connectivity index (χ1) is 13.5. The van der Waals surface area contributed by atoms with Gasteiger partial charge in [0.15, 0.2) is 0 Å². The molecule has 3 nitrogen and oxygen atoms in total. The highest BCUT2D eigenvalue weighted by Crippen LogP contribution is 2.39. The summed E-state index contributed by atoms with van der Waals surface area (Å²) in [5.74, 6) is 1.67. The third kappa shape index (κ3) is 5.79. The fourth-order valence-corrected chi connectivity index (χ4v) is 4.24. The molecule has 1 aliphatic heterocycles. The van der Waals surface area contributed by atoms with E-state index in [1.54, 1.807) is 19.2 Å². The predicted octanol–water partition coefficient (Wildman–Crippen LogP) is 5.30. The summed E-state index contributed by atoms with van der Waals surface area (Å²) in [4.78, 5) is 0. The Morgan fingerprint density at radius 3 is 2.50 bits per heavy atom. The first-order valence-corrected chi connectivity index (χ1v) is 10.2. The lowest BCUT2D eigenvalue weighted by atomic mass is 9.75. The topological polar surface area (TPSA) is 30.5 Å². The molecule has 152 valence electrons. The van der Waals surface area contributed by atoms with Crippen LogP contribution in [0, 0.1) is 11.7 Å². The predicted molar refractivity (Wildman–Crippen MR) is 111 cm³/mol. The second-order valence-corrected chi connectivity index (χ2v) is 8.33. The van der Waals surface area contributed by atoms with Crippen molar-refractivity contribution in [1.82, 2.24) is 5.32 Å². The Kier molecular flexibility index (Phi) is 7.08. The molecule has 1 saturated heterocycles. The van der Waals surface area contributed by atoms with Crippen molar-refractivity contribution in [2.24, 2.45) is 5.92 Å². The Labute approximate surface area is 168 Å². The van der Waals surface area contributed by atoms with Crippen molar-refractivity contribution >= 4 is 0 Å². The summed E-state index contributed by atoms with van der Waals surface area (Å²) in [7, 11) is 1.68. The van der Waals surface area contributed by atoms with Crippen LogP contribution in [0.3, 0.4) is 0 Å². The molecule has 0 bridgehead atoms. The Balaban J connectivity index is 1.61. The maximum atomic E-state index is 13.4. The van der Waals surface area contributed by atoms with E-state index < -0.39 is 0 Å². The average molecular weight is 386 g/mol. The van der Waals surface area contributed by atoms with E-state index in [1.165, 1.54) is 11.1 Å². The zero-order chi connectivity index (χ0) is 20.0. The van der Waals surface area contributed by atoms with Crippen molar-refractivity contribution in [2.45, 2.75) is 51.2 Å². The van der Waals surface area contributed by atoms with E-state index in [1.807, 2.05) is 24.3 Å². The fraction of sp³-hybridized carbons (Fsp3) is 0.500. The molecule has 2 aromatic carbocycles. The summed E-state index contributed by atoms with van der Waals surface area (Å²) in [5, 5.41) is 3.56. The highest BCUT2D eigenvalue weighted by atomic mass is 19.1. The van der Waals surface area contributed by atoms with Gasteiger partial charge in [0.1, 0.15) is 11.6 Å². The molecular formula is C24H32FNO2. The van der Waals surface area contributed by atoms with E-state index in [0.717, 1.165) is 44.7 Å². The monoisotopic (exact) mass is 385 g/mol. The standard InChI is InChI=1S/C24H32FNO2/c1-24(2)16-20(13-15-28-24)23(19-6-8-21(25)9-7-19)12-14-26-17-18-4-10-22(27-3)11-5-18/h4-11,20,23,26H,12-17H2,1-3H3/t20-,23+/m0/s1. The van der Waals surface area contributed by atoms with E-state index >= 15 is 0 Å². The van der Waals surface area contributed by atoms with Gasteiger partial charge >= 0.3 is 0 Å². The molecule has 2 aromatic rings. The van der Waals surface area contributed by atoms with Crippen LogP contribution in [0.4, 0.5) is 4.39 Å². The van der Waals surface area contributed by atoms with E-state index in [0.29, 0.717) is 11.8 Å². The van der Waals surface area contributed by atoms with E-state index in [4.69, 9.17) is 9.47 Å². The van der Waals surface area contributed by atoms with Gasteiger partial charge in [-0.1, -0.05) is 24.3 Å². The third-order valence-electron chi connectivity index (χ3n) is 5.72.